The van der Waals surface area contributed by atoms with Gasteiger partial charge in [-0.25, -0.2) is 0 Å². The lowest BCUT2D eigenvalue weighted by atomic mass is 9.78. The normalized spacial score (nSPS) is 33.1. The van der Waals surface area contributed by atoms with E-state index in [0.29, 0.717) is 38.6 Å². The van der Waals surface area contributed by atoms with Crippen LogP contribution in [0.1, 0.15) is 44.8 Å². The SMILES string of the molecule is CC1CCC(C(=O)N2C[C@@H]3COC[C@]3(CC(=O)NCc3ccco3)C2)CC1. The van der Waals surface area contributed by atoms with Crippen LogP contribution in [0, 0.1) is 23.2 Å². The third-order valence-corrected chi connectivity index (χ3v) is 6.75. The standard InChI is InChI=1S/C21H30N2O4/c1-15-4-6-16(7-5-15)20(25)23-11-17-12-26-14-21(17,13-23)9-19(24)22-10-18-3-2-8-27-18/h2-3,8,15-17H,4-7,9-14H2,1H3,(H,22,24)/t15?,16?,17-,21+/m1/s1. The van der Waals surface area contributed by atoms with Crippen LogP contribution < -0.4 is 5.32 Å². The molecule has 3 heterocycles. The van der Waals surface area contributed by atoms with Gasteiger partial charge >= 0.3 is 0 Å². The molecule has 148 valence electrons. The Bertz CT molecular complexity index is 666. The van der Waals surface area contributed by atoms with E-state index in [2.05, 4.69) is 12.2 Å². The highest BCUT2D eigenvalue weighted by Crippen LogP contribution is 2.45. The van der Waals surface area contributed by atoms with Crippen molar-refractivity contribution in [2.24, 2.45) is 23.2 Å². The summed E-state index contributed by atoms with van der Waals surface area (Å²) in [5, 5.41) is 2.94. The number of ether oxygens (including phenoxy) is 1. The fraction of sp³-hybridized carbons (Fsp3) is 0.714. The number of furan rings is 1. The van der Waals surface area contributed by atoms with Crippen LogP contribution >= 0.6 is 0 Å². The van der Waals surface area contributed by atoms with E-state index in [-0.39, 0.29) is 23.2 Å². The molecule has 1 aliphatic carbocycles. The molecule has 0 bridgehead atoms. The quantitative estimate of drug-likeness (QED) is 0.860. The van der Waals surface area contributed by atoms with E-state index in [1.165, 1.54) is 0 Å². The molecule has 4 rings (SSSR count). The monoisotopic (exact) mass is 374 g/mol. The molecule has 2 atom stereocenters. The molecule has 3 fully saturated rings. The lowest BCUT2D eigenvalue weighted by molar-refractivity contribution is -0.137. The van der Waals surface area contributed by atoms with E-state index in [1.54, 1.807) is 6.26 Å². The zero-order chi connectivity index (χ0) is 18.9. The van der Waals surface area contributed by atoms with E-state index in [9.17, 15) is 9.59 Å². The molecule has 3 aliphatic rings. The number of hydrogen-bond donors (Lipinski definition) is 1. The summed E-state index contributed by atoms with van der Waals surface area (Å²) in [5.41, 5.74) is -0.231. The molecule has 0 radical (unpaired) electrons. The summed E-state index contributed by atoms with van der Waals surface area (Å²) in [6, 6.07) is 3.66. The minimum Gasteiger partial charge on any atom is -0.467 e. The van der Waals surface area contributed by atoms with Crippen LogP contribution in [-0.4, -0.2) is 43.0 Å². The molecule has 2 amide bonds. The van der Waals surface area contributed by atoms with Crippen molar-refractivity contribution < 1.29 is 18.7 Å². The molecule has 0 unspecified atom stereocenters. The van der Waals surface area contributed by atoms with Crippen LogP contribution in [-0.2, 0) is 20.9 Å². The molecule has 27 heavy (non-hydrogen) atoms. The first-order valence-electron chi connectivity index (χ1n) is 10.2. The van der Waals surface area contributed by atoms with Gasteiger partial charge in [0.05, 0.1) is 26.0 Å². The lowest BCUT2D eigenvalue weighted by Gasteiger charge is -2.30. The van der Waals surface area contributed by atoms with Gasteiger partial charge in [0, 0.05) is 36.8 Å². The molecule has 1 saturated carbocycles. The number of hydrogen-bond acceptors (Lipinski definition) is 4. The molecule has 6 heteroatoms. The molecule has 2 saturated heterocycles. The maximum atomic E-state index is 13.0. The van der Waals surface area contributed by atoms with Crippen LogP contribution in [0.2, 0.25) is 0 Å². The van der Waals surface area contributed by atoms with E-state index in [0.717, 1.165) is 43.9 Å². The predicted molar refractivity (Wildman–Crippen MR) is 99.6 cm³/mol. The summed E-state index contributed by atoms with van der Waals surface area (Å²) in [6.07, 6.45) is 6.33. The van der Waals surface area contributed by atoms with Crippen LogP contribution in [0.5, 0.6) is 0 Å². The number of nitrogens with one attached hydrogen (secondary N) is 1. The fourth-order valence-electron chi connectivity index (χ4n) is 5.00. The number of rotatable bonds is 5. The summed E-state index contributed by atoms with van der Waals surface area (Å²) in [6.45, 7) is 5.27. The fourth-order valence-corrected chi connectivity index (χ4v) is 5.00. The first-order valence-corrected chi connectivity index (χ1v) is 10.2. The Hall–Kier alpha value is -1.82. The lowest BCUT2D eigenvalue weighted by Crippen LogP contribution is -2.40. The Morgan fingerprint density at radius 2 is 2.11 bits per heavy atom. The molecule has 0 aromatic carbocycles. The van der Waals surface area contributed by atoms with Gasteiger partial charge in [-0.05, 0) is 43.7 Å². The van der Waals surface area contributed by atoms with Gasteiger partial charge < -0.3 is 19.4 Å². The van der Waals surface area contributed by atoms with Gasteiger partial charge in [0.1, 0.15) is 5.76 Å². The van der Waals surface area contributed by atoms with Gasteiger partial charge in [0.15, 0.2) is 0 Å². The Kier molecular flexibility index (Phi) is 5.26. The predicted octanol–water partition coefficient (Wildman–Crippen LogP) is 2.59. The van der Waals surface area contributed by atoms with Crippen molar-refractivity contribution in [1.29, 1.82) is 0 Å². The van der Waals surface area contributed by atoms with Crippen molar-refractivity contribution in [3.05, 3.63) is 24.2 Å². The van der Waals surface area contributed by atoms with Crippen molar-refractivity contribution in [3.8, 4) is 0 Å². The first kappa shape index (κ1) is 18.5. The second kappa shape index (κ2) is 7.66. The summed E-state index contributed by atoms with van der Waals surface area (Å²) < 4.78 is 11.0. The summed E-state index contributed by atoms with van der Waals surface area (Å²) in [5.74, 6) is 2.22. The number of carbonyl (C=O) groups is 2. The van der Waals surface area contributed by atoms with Gasteiger partial charge in [-0.15, -0.1) is 0 Å². The zero-order valence-electron chi connectivity index (χ0n) is 16.1. The minimum atomic E-state index is -0.231. The average Bonchev–Trinajstić information content (AvgIpc) is 3.36. The Labute approximate surface area is 160 Å². The number of likely N-dealkylation sites (tertiary alicyclic amines) is 1. The number of nitrogens with zero attached hydrogens (tertiary/aromatic N) is 1. The number of fused-ring (bicyclic) bond motifs is 1. The van der Waals surface area contributed by atoms with Crippen LogP contribution in [0.4, 0.5) is 0 Å². The highest BCUT2D eigenvalue weighted by Gasteiger charge is 2.53. The van der Waals surface area contributed by atoms with Crippen molar-refractivity contribution in [3.63, 3.8) is 0 Å². The van der Waals surface area contributed by atoms with E-state index in [4.69, 9.17) is 9.15 Å². The Balaban J connectivity index is 1.35. The summed E-state index contributed by atoms with van der Waals surface area (Å²) in [4.78, 5) is 27.6. The van der Waals surface area contributed by atoms with Gasteiger partial charge in [-0.3, -0.25) is 9.59 Å². The maximum Gasteiger partial charge on any atom is 0.225 e. The van der Waals surface area contributed by atoms with Crippen molar-refractivity contribution >= 4 is 11.8 Å². The Morgan fingerprint density at radius 3 is 2.85 bits per heavy atom. The van der Waals surface area contributed by atoms with E-state index in [1.807, 2.05) is 17.0 Å². The van der Waals surface area contributed by atoms with Crippen molar-refractivity contribution in [2.45, 2.75) is 45.6 Å². The smallest absolute Gasteiger partial charge is 0.225 e. The van der Waals surface area contributed by atoms with Crippen LogP contribution in [0.3, 0.4) is 0 Å². The molecular formula is C21H30N2O4. The molecular weight excluding hydrogens is 344 g/mol. The summed E-state index contributed by atoms with van der Waals surface area (Å²) in [7, 11) is 0. The van der Waals surface area contributed by atoms with E-state index >= 15 is 0 Å². The average molecular weight is 374 g/mol. The minimum absolute atomic E-state index is 0.00249. The number of amides is 2. The van der Waals surface area contributed by atoms with Crippen molar-refractivity contribution in [1.82, 2.24) is 10.2 Å². The molecule has 1 aromatic rings. The van der Waals surface area contributed by atoms with Crippen LogP contribution in [0.15, 0.2) is 22.8 Å². The van der Waals surface area contributed by atoms with Crippen molar-refractivity contribution in [2.75, 3.05) is 26.3 Å². The van der Waals surface area contributed by atoms with Gasteiger partial charge in [0.2, 0.25) is 11.8 Å². The summed E-state index contributed by atoms with van der Waals surface area (Å²) >= 11 is 0. The highest BCUT2D eigenvalue weighted by molar-refractivity contribution is 5.80. The molecule has 6 nitrogen and oxygen atoms in total. The highest BCUT2D eigenvalue weighted by atomic mass is 16.5. The number of carbonyl (C=O) groups excluding carboxylic acids is 2. The van der Waals surface area contributed by atoms with Gasteiger partial charge in [-0.1, -0.05) is 6.92 Å². The van der Waals surface area contributed by atoms with Gasteiger partial charge in [0.25, 0.3) is 0 Å². The zero-order valence-corrected chi connectivity index (χ0v) is 16.1. The second-order valence-electron chi connectivity index (χ2n) is 8.78. The largest absolute Gasteiger partial charge is 0.467 e. The van der Waals surface area contributed by atoms with Gasteiger partial charge in [-0.2, -0.15) is 0 Å². The molecule has 1 aromatic heterocycles. The topological polar surface area (TPSA) is 71.8 Å². The van der Waals surface area contributed by atoms with E-state index < -0.39 is 0 Å². The Morgan fingerprint density at radius 1 is 1.30 bits per heavy atom. The second-order valence-corrected chi connectivity index (χ2v) is 8.78. The molecule has 1 N–H and O–H groups in total. The first-order chi connectivity index (χ1) is 13.1. The third kappa shape index (κ3) is 3.91. The maximum absolute atomic E-state index is 13.0. The molecule has 2 aliphatic heterocycles. The molecule has 0 spiro atoms. The van der Waals surface area contributed by atoms with Crippen LogP contribution in [0.25, 0.3) is 0 Å². The third-order valence-electron chi connectivity index (χ3n) is 6.75.